The van der Waals surface area contributed by atoms with Crippen LogP contribution in [0.15, 0.2) is 55.7 Å². The molecule has 1 aliphatic rings. The van der Waals surface area contributed by atoms with E-state index in [4.69, 9.17) is 9.37 Å². The Morgan fingerprint density at radius 1 is 1.00 bits per heavy atom. The summed E-state index contributed by atoms with van der Waals surface area (Å²) in [4.78, 5) is 3.87. The summed E-state index contributed by atoms with van der Waals surface area (Å²) in [5.41, 5.74) is 0.671. The molecule has 1 aliphatic heterocycles. The van der Waals surface area contributed by atoms with Crippen molar-refractivity contribution in [3.63, 3.8) is 0 Å². The maximum Gasteiger partial charge on any atom is 0.245 e. The van der Waals surface area contributed by atoms with Crippen LogP contribution in [-0.2, 0) is 10.0 Å². The average molecular weight is 421 g/mol. The SMILES string of the molecule is COc1ccccc1Sc1ccc(S(=O)(=O)N2CCN(C)CC2)c2nonc12. The van der Waals surface area contributed by atoms with E-state index in [2.05, 4.69) is 15.2 Å². The quantitative estimate of drug-likeness (QED) is 0.621. The van der Waals surface area contributed by atoms with Gasteiger partial charge in [-0.15, -0.1) is 0 Å². The largest absolute Gasteiger partial charge is 0.496 e. The highest BCUT2D eigenvalue weighted by Crippen LogP contribution is 2.39. The minimum atomic E-state index is -3.67. The second-order valence-electron chi connectivity index (χ2n) is 6.48. The number of sulfonamides is 1. The van der Waals surface area contributed by atoms with Crippen LogP contribution in [0.1, 0.15) is 0 Å². The molecule has 0 atom stereocenters. The molecule has 0 N–H and O–H groups in total. The van der Waals surface area contributed by atoms with E-state index in [9.17, 15) is 8.42 Å². The van der Waals surface area contributed by atoms with Crippen LogP contribution < -0.4 is 4.74 Å². The van der Waals surface area contributed by atoms with E-state index in [-0.39, 0.29) is 10.4 Å². The van der Waals surface area contributed by atoms with Crippen molar-refractivity contribution in [1.29, 1.82) is 0 Å². The Labute approximate surface area is 167 Å². The number of ether oxygens (including phenoxy) is 1. The lowest BCUT2D eigenvalue weighted by atomic mass is 10.3. The molecule has 0 saturated carbocycles. The number of likely N-dealkylation sites (N-methyl/N-ethyl adjacent to an activating group) is 1. The summed E-state index contributed by atoms with van der Waals surface area (Å²) in [5.74, 6) is 0.728. The molecule has 8 nitrogen and oxygen atoms in total. The third-order valence-electron chi connectivity index (χ3n) is 4.71. The molecule has 0 bridgehead atoms. The van der Waals surface area contributed by atoms with Gasteiger partial charge in [-0.3, -0.25) is 0 Å². The molecular formula is C18H20N4O4S2. The number of hydrogen-bond acceptors (Lipinski definition) is 8. The zero-order chi connectivity index (χ0) is 19.7. The molecular weight excluding hydrogens is 400 g/mol. The highest BCUT2D eigenvalue weighted by Gasteiger charge is 2.31. The highest BCUT2D eigenvalue weighted by molar-refractivity contribution is 7.99. The van der Waals surface area contributed by atoms with Crippen molar-refractivity contribution in [1.82, 2.24) is 19.5 Å². The third kappa shape index (κ3) is 3.48. The second kappa shape index (κ2) is 7.70. The van der Waals surface area contributed by atoms with E-state index in [1.165, 1.54) is 16.1 Å². The molecule has 10 heteroatoms. The van der Waals surface area contributed by atoms with Crippen LogP contribution in [0.25, 0.3) is 11.0 Å². The predicted molar refractivity (Wildman–Crippen MR) is 105 cm³/mol. The molecule has 0 spiro atoms. The molecule has 0 radical (unpaired) electrons. The normalized spacial score (nSPS) is 16.5. The van der Waals surface area contributed by atoms with Crippen molar-refractivity contribution in [2.45, 2.75) is 14.7 Å². The molecule has 3 aromatic rings. The first-order valence-electron chi connectivity index (χ1n) is 8.75. The van der Waals surface area contributed by atoms with Crippen molar-refractivity contribution in [2.75, 3.05) is 40.3 Å². The number of fused-ring (bicyclic) bond motifs is 1. The molecule has 2 heterocycles. The Morgan fingerprint density at radius 3 is 2.46 bits per heavy atom. The standard InChI is InChI=1S/C18H20N4O4S2/c1-21-9-11-22(12-10-21)28(23,24)16-8-7-15(17-18(16)20-26-19-17)27-14-6-4-3-5-13(14)25-2/h3-8H,9-12H2,1-2H3. The zero-order valence-corrected chi connectivity index (χ0v) is 17.2. The first-order valence-corrected chi connectivity index (χ1v) is 11.0. The highest BCUT2D eigenvalue weighted by atomic mass is 32.2. The van der Waals surface area contributed by atoms with E-state index in [0.29, 0.717) is 31.7 Å². The fraction of sp³-hybridized carbons (Fsp3) is 0.333. The van der Waals surface area contributed by atoms with Gasteiger partial charge in [0.05, 0.1) is 12.0 Å². The number of para-hydroxylation sites is 1. The van der Waals surface area contributed by atoms with Gasteiger partial charge in [0, 0.05) is 31.1 Å². The fourth-order valence-electron chi connectivity index (χ4n) is 3.10. The van der Waals surface area contributed by atoms with Crippen molar-refractivity contribution in [3.05, 3.63) is 36.4 Å². The van der Waals surface area contributed by atoms with Gasteiger partial charge in [0.2, 0.25) is 10.0 Å². The van der Waals surface area contributed by atoms with Crippen LogP contribution in [0.3, 0.4) is 0 Å². The molecule has 0 unspecified atom stereocenters. The Bertz CT molecular complexity index is 1090. The second-order valence-corrected chi connectivity index (χ2v) is 9.47. The number of nitrogens with zero attached hydrogens (tertiary/aromatic N) is 4. The molecule has 28 heavy (non-hydrogen) atoms. The van der Waals surface area contributed by atoms with Gasteiger partial charge in [-0.2, -0.15) is 4.31 Å². The average Bonchev–Trinajstić information content (AvgIpc) is 3.19. The van der Waals surface area contributed by atoms with Crippen LogP contribution in [0.4, 0.5) is 0 Å². The van der Waals surface area contributed by atoms with Gasteiger partial charge in [-0.1, -0.05) is 23.9 Å². The lowest BCUT2D eigenvalue weighted by Gasteiger charge is -2.31. The van der Waals surface area contributed by atoms with Gasteiger partial charge in [0.25, 0.3) is 0 Å². The van der Waals surface area contributed by atoms with E-state index >= 15 is 0 Å². The Kier molecular flexibility index (Phi) is 5.28. The maximum absolute atomic E-state index is 13.1. The number of aromatic nitrogens is 2. The Balaban J connectivity index is 1.72. The smallest absolute Gasteiger partial charge is 0.245 e. The molecule has 1 saturated heterocycles. The predicted octanol–water partition coefficient (Wildman–Crippen LogP) is 2.32. The first kappa shape index (κ1) is 19.2. The summed E-state index contributed by atoms with van der Waals surface area (Å²) in [6, 6.07) is 10.9. The Hall–Kier alpha value is -2.14. The van der Waals surface area contributed by atoms with Crippen molar-refractivity contribution < 1.29 is 17.8 Å². The molecule has 0 aliphatic carbocycles. The zero-order valence-electron chi connectivity index (χ0n) is 15.5. The van der Waals surface area contributed by atoms with Gasteiger partial charge in [-0.05, 0) is 41.6 Å². The summed E-state index contributed by atoms with van der Waals surface area (Å²) in [7, 11) is -0.0850. The summed E-state index contributed by atoms with van der Waals surface area (Å²) in [6.07, 6.45) is 0. The lowest BCUT2D eigenvalue weighted by Crippen LogP contribution is -2.47. The number of rotatable bonds is 5. The van der Waals surface area contributed by atoms with E-state index in [1.54, 1.807) is 19.2 Å². The summed E-state index contributed by atoms with van der Waals surface area (Å²) < 4.78 is 38.1. The van der Waals surface area contributed by atoms with Crippen LogP contribution >= 0.6 is 11.8 Å². The minimum Gasteiger partial charge on any atom is -0.496 e. The molecule has 0 amide bonds. The molecule has 1 fully saturated rings. The maximum atomic E-state index is 13.1. The van der Waals surface area contributed by atoms with Gasteiger partial charge < -0.3 is 9.64 Å². The lowest BCUT2D eigenvalue weighted by molar-refractivity contribution is 0.222. The van der Waals surface area contributed by atoms with Crippen LogP contribution in [0.2, 0.25) is 0 Å². The topological polar surface area (TPSA) is 88.8 Å². The van der Waals surface area contributed by atoms with Crippen molar-refractivity contribution in [3.8, 4) is 5.75 Å². The number of benzene rings is 2. The molecule has 1 aromatic heterocycles. The van der Waals surface area contributed by atoms with Crippen molar-refractivity contribution >= 4 is 32.8 Å². The molecule has 148 valence electrons. The van der Waals surface area contributed by atoms with Crippen LogP contribution in [0.5, 0.6) is 5.75 Å². The molecule has 2 aromatic carbocycles. The minimum absolute atomic E-state index is 0.123. The van der Waals surface area contributed by atoms with E-state index < -0.39 is 10.0 Å². The summed E-state index contributed by atoms with van der Waals surface area (Å²) in [5, 5.41) is 7.86. The van der Waals surface area contributed by atoms with Gasteiger partial charge in [-0.25, -0.2) is 13.0 Å². The monoisotopic (exact) mass is 420 g/mol. The van der Waals surface area contributed by atoms with Gasteiger partial charge >= 0.3 is 0 Å². The first-order chi connectivity index (χ1) is 13.5. The van der Waals surface area contributed by atoms with Crippen molar-refractivity contribution in [2.24, 2.45) is 0 Å². The summed E-state index contributed by atoms with van der Waals surface area (Å²) in [6.45, 7) is 2.29. The fourth-order valence-corrected chi connectivity index (χ4v) is 5.64. The van der Waals surface area contributed by atoms with Gasteiger partial charge in [0.15, 0.2) is 11.0 Å². The van der Waals surface area contributed by atoms with E-state index in [1.807, 2.05) is 31.3 Å². The van der Waals surface area contributed by atoms with Crippen LogP contribution in [0, 0.1) is 0 Å². The summed E-state index contributed by atoms with van der Waals surface area (Å²) >= 11 is 1.43. The Morgan fingerprint density at radius 2 is 1.71 bits per heavy atom. The number of methoxy groups -OCH3 is 1. The third-order valence-corrected chi connectivity index (χ3v) is 7.75. The number of piperazine rings is 1. The van der Waals surface area contributed by atoms with E-state index in [0.717, 1.165) is 15.5 Å². The molecule has 4 rings (SSSR count). The van der Waals surface area contributed by atoms with Gasteiger partial charge in [0.1, 0.15) is 10.6 Å². The van der Waals surface area contributed by atoms with Crippen LogP contribution in [-0.4, -0.2) is 68.3 Å². The number of hydrogen-bond donors (Lipinski definition) is 0.